The van der Waals surface area contributed by atoms with Gasteiger partial charge in [0, 0.05) is 31.9 Å². The number of hydrogen-bond donors (Lipinski definition) is 2. The zero-order valence-corrected chi connectivity index (χ0v) is 17.2. The summed E-state index contributed by atoms with van der Waals surface area (Å²) >= 11 is 0. The number of carbonyl (C=O) groups is 2. The van der Waals surface area contributed by atoms with E-state index in [-0.39, 0.29) is 18.0 Å². The molecule has 2 aromatic rings. The lowest BCUT2D eigenvalue weighted by molar-refractivity contribution is -0.124. The van der Waals surface area contributed by atoms with Crippen LogP contribution in [0.25, 0.3) is 0 Å². The molecule has 2 saturated heterocycles. The maximum absolute atomic E-state index is 12.6. The molecule has 6 nitrogen and oxygen atoms in total. The van der Waals surface area contributed by atoms with Crippen LogP contribution in [0.5, 0.6) is 0 Å². The molecule has 1 atom stereocenters. The Morgan fingerprint density at radius 1 is 1.00 bits per heavy atom. The van der Waals surface area contributed by atoms with E-state index in [0.29, 0.717) is 19.1 Å². The van der Waals surface area contributed by atoms with Crippen LogP contribution in [0.1, 0.15) is 42.7 Å². The highest BCUT2D eigenvalue weighted by atomic mass is 16.5. The minimum Gasteiger partial charge on any atom is -0.368 e. The number of anilines is 1. The topological polar surface area (TPSA) is 70.7 Å². The summed E-state index contributed by atoms with van der Waals surface area (Å²) in [6.45, 7) is 2.61. The smallest absolute Gasteiger partial charge is 0.317 e. The van der Waals surface area contributed by atoms with Crippen molar-refractivity contribution >= 4 is 17.6 Å². The van der Waals surface area contributed by atoms with E-state index < -0.39 is 0 Å². The lowest BCUT2D eigenvalue weighted by Crippen LogP contribution is -2.43. The van der Waals surface area contributed by atoms with E-state index in [4.69, 9.17) is 4.74 Å². The Hall–Kier alpha value is -2.86. The second kappa shape index (κ2) is 9.76. The fraction of sp³-hybridized carbons (Fsp3) is 0.417. The summed E-state index contributed by atoms with van der Waals surface area (Å²) in [5.41, 5.74) is 3.04. The molecule has 2 aliphatic rings. The van der Waals surface area contributed by atoms with Gasteiger partial charge in [-0.1, -0.05) is 42.5 Å². The molecule has 0 spiro atoms. The summed E-state index contributed by atoms with van der Waals surface area (Å²) < 4.78 is 5.42. The zero-order chi connectivity index (χ0) is 20.8. The molecule has 2 fully saturated rings. The van der Waals surface area contributed by atoms with Gasteiger partial charge in [0.05, 0.1) is 0 Å². The molecular weight excluding hydrogens is 378 g/mol. The highest BCUT2D eigenvalue weighted by Gasteiger charge is 2.24. The van der Waals surface area contributed by atoms with Crippen LogP contribution in [0.2, 0.25) is 0 Å². The summed E-state index contributed by atoms with van der Waals surface area (Å²) in [6, 6.07) is 18.1. The molecule has 0 radical (unpaired) electrons. The SMILES string of the molecule is O=C(Nc1cccc(CNC(=O)N2CCC(c3ccccc3)CC2)c1)C1CCCO1. The van der Waals surface area contributed by atoms with Crippen LogP contribution in [-0.2, 0) is 16.1 Å². The van der Waals surface area contributed by atoms with Gasteiger partial charge in [-0.2, -0.15) is 0 Å². The van der Waals surface area contributed by atoms with Gasteiger partial charge in [-0.25, -0.2) is 4.79 Å². The zero-order valence-electron chi connectivity index (χ0n) is 17.2. The molecule has 158 valence electrons. The number of piperidine rings is 1. The predicted molar refractivity (Wildman–Crippen MR) is 116 cm³/mol. The predicted octanol–water partition coefficient (Wildman–Crippen LogP) is 3.89. The van der Waals surface area contributed by atoms with Crippen molar-refractivity contribution in [1.82, 2.24) is 10.2 Å². The van der Waals surface area contributed by atoms with Crippen LogP contribution >= 0.6 is 0 Å². The van der Waals surface area contributed by atoms with Crippen LogP contribution in [-0.4, -0.2) is 42.6 Å². The largest absolute Gasteiger partial charge is 0.368 e. The second-order valence-corrected chi connectivity index (χ2v) is 8.02. The van der Waals surface area contributed by atoms with Crippen molar-refractivity contribution < 1.29 is 14.3 Å². The molecule has 2 heterocycles. The quantitative estimate of drug-likeness (QED) is 0.790. The molecule has 1 unspecified atom stereocenters. The third-order valence-corrected chi connectivity index (χ3v) is 5.91. The lowest BCUT2D eigenvalue weighted by atomic mass is 9.90. The van der Waals surface area contributed by atoms with Crippen LogP contribution in [0.15, 0.2) is 54.6 Å². The molecule has 0 aliphatic carbocycles. The minimum absolute atomic E-state index is 0.0321. The summed E-state index contributed by atoms with van der Waals surface area (Å²) in [5, 5.41) is 5.92. The van der Waals surface area contributed by atoms with Gasteiger partial charge in [0.25, 0.3) is 5.91 Å². The van der Waals surface area contributed by atoms with Gasteiger partial charge in [-0.05, 0) is 54.9 Å². The molecule has 30 heavy (non-hydrogen) atoms. The fourth-order valence-electron chi connectivity index (χ4n) is 4.20. The Morgan fingerprint density at radius 2 is 1.80 bits per heavy atom. The van der Waals surface area contributed by atoms with Crippen molar-refractivity contribution in [3.8, 4) is 0 Å². The highest BCUT2D eigenvalue weighted by Crippen LogP contribution is 2.27. The number of rotatable bonds is 5. The van der Waals surface area contributed by atoms with Crippen LogP contribution < -0.4 is 10.6 Å². The van der Waals surface area contributed by atoms with Crippen LogP contribution in [0, 0.1) is 0 Å². The van der Waals surface area contributed by atoms with Gasteiger partial charge < -0.3 is 20.3 Å². The average Bonchev–Trinajstić information content (AvgIpc) is 3.34. The number of hydrogen-bond acceptors (Lipinski definition) is 3. The van der Waals surface area contributed by atoms with Crippen molar-refractivity contribution in [2.24, 2.45) is 0 Å². The maximum atomic E-state index is 12.6. The van der Waals surface area contributed by atoms with Crippen LogP contribution in [0.3, 0.4) is 0 Å². The van der Waals surface area contributed by atoms with Crippen molar-refractivity contribution in [1.29, 1.82) is 0 Å². The monoisotopic (exact) mass is 407 g/mol. The normalized spacial score (nSPS) is 19.5. The van der Waals surface area contributed by atoms with E-state index in [1.54, 1.807) is 0 Å². The Morgan fingerprint density at radius 3 is 2.53 bits per heavy atom. The lowest BCUT2D eigenvalue weighted by Gasteiger charge is -2.32. The number of carbonyl (C=O) groups excluding carboxylic acids is 2. The Bertz CT molecular complexity index is 857. The fourth-order valence-corrected chi connectivity index (χ4v) is 4.20. The first-order valence-electron chi connectivity index (χ1n) is 10.8. The Labute approximate surface area is 177 Å². The summed E-state index contributed by atoms with van der Waals surface area (Å²) in [4.78, 5) is 26.7. The van der Waals surface area contributed by atoms with Crippen molar-refractivity contribution in [2.75, 3.05) is 25.0 Å². The molecule has 0 aromatic heterocycles. The Balaban J connectivity index is 1.24. The van der Waals surface area contributed by atoms with E-state index in [2.05, 4.69) is 34.9 Å². The number of nitrogens with one attached hydrogen (secondary N) is 2. The van der Waals surface area contributed by atoms with Crippen molar-refractivity contribution in [3.63, 3.8) is 0 Å². The maximum Gasteiger partial charge on any atom is 0.317 e. The first-order valence-corrected chi connectivity index (χ1v) is 10.8. The highest BCUT2D eigenvalue weighted by molar-refractivity contribution is 5.94. The average molecular weight is 408 g/mol. The number of nitrogens with zero attached hydrogens (tertiary/aromatic N) is 1. The van der Waals surface area contributed by atoms with E-state index in [1.165, 1.54) is 5.56 Å². The van der Waals surface area contributed by atoms with E-state index in [0.717, 1.165) is 50.0 Å². The minimum atomic E-state index is -0.354. The molecule has 6 heteroatoms. The number of likely N-dealkylation sites (tertiary alicyclic amines) is 1. The van der Waals surface area contributed by atoms with Gasteiger partial charge >= 0.3 is 6.03 Å². The molecule has 2 aromatic carbocycles. The third-order valence-electron chi connectivity index (χ3n) is 5.91. The molecule has 2 N–H and O–H groups in total. The van der Waals surface area contributed by atoms with Gasteiger partial charge in [0.1, 0.15) is 6.10 Å². The number of amides is 3. The van der Waals surface area contributed by atoms with Gasteiger partial charge in [-0.3, -0.25) is 4.79 Å². The van der Waals surface area contributed by atoms with Crippen LogP contribution in [0.4, 0.5) is 10.5 Å². The molecule has 4 rings (SSSR count). The van der Waals surface area contributed by atoms with E-state index >= 15 is 0 Å². The summed E-state index contributed by atoms with van der Waals surface area (Å²) in [6.07, 6.45) is 3.31. The molecule has 0 bridgehead atoms. The summed E-state index contributed by atoms with van der Waals surface area (Å²) in [5.74, 6) is 0.425. The molecule has 0 saturated carbocycles. The Kier molecular flexibility index (Phi) is 6.64. The van der Waals surface area contributed by atoms with Gasteiger partial charge in [0.15, 0.2) is 0 Å². The third kappa shape index (κ3) is 5.19. The number of benzene rings is 2. The van der Waals surface area contributed by atoms with E-state index in [1.807, 2.05) is 35.2 Å². The number of ether oxygens (including phenoxy) is 1. The molecule has 2 aliphatic heterocycles. The first-order chi connectivity index (χ1) is 14.7. The van der Waals surface area contributed by atoms with E-state index in [9.17, 15) is 9.59 Å². The molecular formula is C24H29N3O3. The molecule has 3 amide bonds. The standard InChI is InChI=1S/C24H29N3O3/c28-23(22-10-5-15-30-22)26-21-9-4-6-18(16-21)17-25-24(29)27-13-11-20(12-14-27)19-7-2-1-3-8-19/h1-4,6-9,16,20,22H,5,10-15,17H2,(H,25,29)(H,26,28). The second-order valence-electron chi connectivity index (χ2n) is 8.02. The van der Waals surface area contributed by atoms with Crippen molar-refractivity contribution in [2.45, 2.75) is 44.2 Å². The number of urea groups is 1. The van der Waals surface area contributed by atoms with Gasteiger partial charge in [0.2, 0.25) is 0 Å². The summed E-state index contributed by atoms with van der Waals surface area (Å²) in [7, 11) is 0. The first kappa shape index (κ1) is 20.4. The van der Waals surface area contributed by atoms with Gasteiger partial charge in [-0.15, -0.1) is 0 Å². The van der Waals surface area contributed by atoms with Crippen molar-refractivity contribution in [3.05, 3.63) is 65.7 Å².